The predicted molar refractivity (Wildman–Crippen MR) is 110 cm³/mol. The number of aromatic carboxylic acids is 1. The fourth-order valence-electron chi connectivity index (χ4n) is 3.91. The standard InChI is InChI=1S/C19H28BN3O8/c1-19(21,18(28)22-4-5-24)9-23-7-10(8-23)31-14-3-2-11(12-6-13(12)20(29)30)16(25)15(14)17(26)27/h2-3,10,12-13,24-25,29-30H,4-9,21H2,1H3,(H,22,28)(H,26,27). The van der Waals surface area contributed by atoms with Crippen molar-refractivity contribution in [2.24, 2.45) is 5.73 Å². The number of aliphatic hydroxyl groups excluding tert-OH is 1. The molecule has 2 fully saturated rings. The number of carbonyl (C=O) groups is 2. The minimum atomic E-state index is -1.52. The zero-order chi connectivity index (χ0) is 22.9. The minimum Gasteiger partial charge on any atom is -0.507 e. The van der Waals surface area contributed by atoms with Crippen molar-refractivity contribution in [2.45, 2.75) is 36.7 Å². The highest BCUT2D eigenvalue weighted by Crippen LogP contribution is 2.56. The third-order valence-electron chi connectivity index (χ3n) is 5.69. The molecule has 1 saturated carbocycles. The van der Waals surface area contributed by atoms with E-state index in [1.165, 1.54) is 6.07 Å². The number of hydrogen-bond donors (Lipinski definition) is 7. The Hall–Kier alpha value is -2.38. The van der Waals surface area contributed by atoms with Crippen molar-refractivity contribution < 1.29 is 39.7 Å². The van der Waals surface area contributed by atoms with Crippen molar-refractivity contribution in [2.75, 3.05) is 32.8 Å². The van der Waals surface area contributed by atoms with Gasteiger partial charge in [0.25, 0.3) is 0 Å². The van der Waals surface area contributed by atoms with Gasteiger partial charge in [0.15, 0.2) is 0 Å². The summed E-state index contributed by atoms with van der Waals surface area (Å²) >= 11 is 0. The van der Waals surface area contributed by atoms with Gasteiger partial charge in [-0.2, -0.15) is 0 Å². The summed E-state index contributed by atoms with van der Waals surface area (Å²) in [6, 6.07) is 3.01. The number of nitrogens with zero attached hydrogens (tertiary/aromatic N) is 1. The van der Waals surface area contributed by atoms with Gasteiger partial charge in [-0.15, -0.1) is 0 Å². The summed E-state index contributed by atoms with van der Waals surface area (Å²) in [6.07, 6.45) is 0.110. The highest BCUT2D eigenvalue weighted by molar-refractivity contribution is 6.44. The molecule has 1 aliphatic heterocycles. The second kappa shape index (κ2) is 9.01. The molecule has 1 amide bonds. The van der Waals surface area contributed by atoms with E-state index in [-0.39, 0.29) is 48.9 Å². The van der Waals surface area contributed by atoms with Gasteiger partial charge in [0.2, 0.25) is 5.91 Å². The lowest BCUT2D eigenvalue weighted by atomic mass is 9.81. The summed E-state index contributed by atoms with van der Waals surface area (Å²) in [6.45, 7) is 2.62. The average molecular weight is 437 g/mol. The van der Waals surface area contributed by atoms with Gasteiger partial charge >= 0.3 is 13.1 Å². The molecule has 3 unspecified atom stereocenters. The van der Waals surface area contributed by atoms with Crippen LogP contribution in [0.2, 0.25) is 5.82 Å². The van der Waals surface area contributed by atoms with Crippen LogP contribution in [0.5, 0.6) is 11.5 Å². The lowest BCUT2D eigenvalue weighted by molar-refractivity contribution is -0.127. The van der Waals surface area contributed by atoms with Gasteiger partial charge in [-0.25, -0.2) is 4.79 Å². The molecule has 1 aromatic carbocycles. The number of aliphatic hydroxyl groups is 1. The predicted octanol–water partition coefficient (Wildman–Crippen LogP) is -1.69. The summed E-state index contributed by atoms with van der Waals surface area (Å²) in [7, 11) is -1.52. The number of nitrogens with one attached hydrogen (secondary N) is 1. The van der Waals surface area contributed by atoms with E-state index >= 15 is 0 Å². The molecule has 2 aliphatic rings. The monoisotopic (exact) mass is 437 g/mol. The molecule has 1 saturated heterocycles. The first-order valence-corrected chi connectivity index (χ1v) is 10.1. The maximum absolute atomic E-state index is 12.1. The third kappa shape index (κ3) is 5.10. The highest BCUT2D eigenvalue weighted by atomic mass is 16.5. The Bertz CT molecular complexity index is 844. The van der Waals surface area contributed by atoms with E-state index in [1.54, 1.807) is 13.0 Å². The SMILES string of the molecule is CC(N)(CN1CC(Oc2ccc(C3CC3B(O)O)c(O)c2C(=O)O)C1)C(=O)NCCO. The molecule has 0 spiro atoms. The second-order valence-corrected chi connectivity index (χ2v) is 8.43. The van der Waals surface area contributed by atoms with Crippen LogP contribution >= 0.6 is 0 Å². The van der Waals surface area contributed by atoms with Gasteiger partial charge in [0.1, 0.15) is 28.7 Å². The van der Waals surface area contributed by atoms with E-state index in [4.69, 9.17) is 15.6 Å². The first-order chi connectivity index (χ1) is 14.5. The Morgan fingerprint density at radius 3 is 2.58 bits per heavy atom. The van der Waals surface area contributed by atoms with Gasteiger partial charge in [0.05, 0.1) is 6.61 Å². The number of nitrogens with two attached hydrogens (primary N) is 1. The molecular weight excluding hydrogens is 409 g/mol. The molecule has 0 bridgehead atoms. The van der Waals surface area contributed by atoms with Crippen LogP contribution in [0.25, 0.3) is 0 Å². The molecule has 1 heterocycles. The quantitative estimate of drug-likeness (QED) is 0.208. The van der Waals surface area contributed by atoms with Crippen molar-refractivity contribution in [3.63, 3.8) is 0 Å². The summed E-state index contributed by atoms with van der Waals surface area (Å²) in [5.41, 5.74) is 4.88. The van der Waals surface area contributed by atoms with Crippen LogP contribution < -0.4 is 15.8 Å². The molecule has 1 aliphatic carbocycles. The number of ether oxygens (including phenoxy) is 1. The van der Waals surface area contributed by atoms with Gasteiger partial charge in [-0.05, 0) is 30.9 Å². The van der Waals surface area contributed by atoms with Crippen molar-refractivity contribution >= 4 is 19.0 Å². The van der Waals surface area contributed by atoms with E-state index in [1.807, 2.05) is 4.90 Å². The normalized spacial score (nSPS) is 22.9. The number of hydrogen-bond acceptors (Lipinski definition) is 9. The first-order valence-electron chi connectivity index (χ1n) is 10.1. The lowest BCUT2D eigenvalue weighted by Crippen LogP contribution is -2.64. The Labute approximate surface area is 179 Å². The molecule has 3 atom stereocenters. The van der Waals surface area contributed by atoms with Crippen LogP contribution in [-0.2, 0) is 4.79 Å². The van der Waals surface area contributed by atoms with E-state index in [0.29, 0.717) is 25.1 Å². The molecule has 0 aromatic heterocycles. The van der Waals surface area contributed by atoms with Crippen LogP contribution in [0.4, 0.5) is 0 Å². The number of carboxylic acids is 1. The topological polar surface area (TPSA) is 186 Å². The van der Waals surface area contributed by atoms with E-state index in [2.05, 4.69) is 5.32 Å². The maximum Gasteiger partial charge on any atom is 0.455 e. The zero-order valence-corrected chi connectivity index (χ0v) is 17.2. The molecule has 31 heavy (non-hydrogen) atoms. The van der Waals surface area contributed by atoms with Gasteiger partial charge in [-0.1, -0.05) is 6.07 Å². The molecule has 170 valence electrons. The summed E-state index contributed by atoms with van der Waals surface area (Å²) in [4.78, 5) is 25.7. The van der Waals surface area contributed by atoms with Gasteiger partial charge in [-0.3, -0.25) is 9.69 Å². The Morgan fingerprint density at radius 1 is 1.35 bits per heavy atom. The van der Waals surface area contributed by atoms with Crippen molar-refractivity contribution in [3.8, 4) is 11.5 Å². The third-order valence-corrected chi connectivity index (χ3v) is 5.69. The van der Waals surface area contributed by atoms with Crippen LogP contribution in [-0.4, -0.2) is 93.7 Å². The molecule has 1 aromatic rings. The van der Waals surface area contributed by atoms with Crippen molar-refractivity contribution in [3.05, 3.63) is 23.3 Å². The number of phenols is 1. The fourth-order valence-corrected chi connectivity index (χ4v) is 3.91. The fraction of sp³-hybridized carbons (Fsp3) is 0.579. The van der Waals surface area contributed by atoms with Crippen LogP contribution in [0, 0.1) is 0 Å². The van der Waals surface area contributed by atoms with Gasteiger partial charge < -0.3 is 41.2 Å². The number of amides is 1. The smallest absolute Gasteiger partial charge is 0.455 e. The molecule has 8 N–H and O–H groups in total. The van der Waals surface area contributed by atoms with Crippen molar-refractivity contribution in [1.29, 1.82) is 0 Å². The number of likely N-dealkylation sites (tertiary alicyclic amines) is 1. The number of carbonyl (C=O) groups excluding carboxylic acids is 1. The Kier molecular flexibility index (Phi) is 6.77. The second-order valence-electron chi connectivity index (χ2n) is 8.43. The number of benzene rings is 1. The van der Waals surface area contributed by atoms with E-state index < -0.39 is 30.2 Å². The van der Waals surface area contributed by atoms with E-state index in [9.17, 15) is 29.9 Å². The zero-order valence-electron chi connectivity index (χ0n) is 17.2. The van der Waals surface area contributed by atoms with E-state index in [0.717, 1.165) is 0 Å². The van der Waals surface area contributed by atoms with Crippen LogP contribution in [0.3, 0.4) is 0 Å². The van der Waals surface area contributed by atoms with Crippen LogP contribution in [0.15, 0.2) is 12.1 Å². The number of rotatable bonds is 10. The first kappa shape index (κ1) is 23.3. The summed E-state index contributed by atoms with van der Waals surface area (Å²) in [5, 5.41) is 49.9. The number of carboxylic acid groups (broad SMARTS) is 1. The maximum atomic E-state index is 12.1. The largest absolute Gasteiger partial charge is 0.507 e. The molecule has 12 heteroatoms. The minimum absolute atomic E-state index is 0.0244. The van der Waals surface area contributed by atoms with Crippen molar-refractivity contribution in [1.82, 2.24) is 10.2 Å². The summed E-state index contributed by atoms with van der Waals surface area (Å²) in [5.74, 6) is -2.88. The Balaban J connectivity index is 1.61. The average Bonchev–Trinajstić information content (AvgIpc) is 3.44. The number of aromatic hydroxyl groups is 1. The van der Waals surface area contributed by atoms with Gasteiger partial charge in [0, 0.05) is 32.0 Å². The molecular formula is C19H28BN3O8. The molecule has 11 nitrogen and oxygen atoms in total. The molecule has 0 radical (unpaired) electrons. The lowest BCUT2D eigenvalue weighted by Gasteiger charge is -2.42. The molecule has 3 rings (SSSR count). The van der Waals surface area contributed by atoms with Crippen LogP contribution in [0.1, 0.15) is 35.2 Å². The Morgan fingerprint density at radius 2 is 2.03 bits per heavy atom. The summed E-state index contributed by atoms with van der Waals surface area (Å²) < 4.78 is 5.77. The highest BCUT2D eigenvalue weighted by Gasteiger charge is 2.48.